The molecule has 1 aromatic carbocycles. The molecule has 0 radical (unpaired) electrons. The molecule has 2 rings (SSSR count). The Hall–Kier alpha value is -2.27. The van der Waals surface area contributed by atoms with Gasteiger partial charge in [0.25, 0.3) is 5.91 Å². The maximum atomic E-state index is 12.7. The molecule has 2 aromatic rings. The van der Waals surface area contributed by atoms with Crippen LogP contribution in [0.25, 0.3) is 0 Å². The number of rotatable bonds is 7. The zero-order valence-corrected chi connectivity index (χ0v) is 16.3. The standard InChI is InChI=1S/C20H25ClN2O3/c1-12(2)11-17(23-19(24)15-6-8-16(21)9-7-15)20(25)22-14(4)18-10-5-13(3)26-18/h5-10,12,14,17H,11H2,1-4H3,(H,22,25)(H,23,24). The van der Waals surface area contributed by atoms with Crippen molar-refractivity contribution in [2.75, 3.05) is 0 Å². The number of hydrogen-bond donors (Lipinski definition) is 2. The third kappa shape index (κ3) is 5.63. The second-order valence-electron chi connectivity index (χ2n) is 6.84. The van der Waals surface area contributed by atoms with Crippen LogP contribution in [0.4, 0.5) is 0 Å². The predicted molar refractivity (Wildman–Crippen MR) is 102 cm³/mol. The first-order chi connectivity index (χ1) is 12.3. The molecular formula is C20H25ClN2O3. The van der Waals surface area contributed by atoms with E-state index < -0.39 is 6.04 Å². The van der Waals surface area contributed by atoms with Crippen LogP contribution >= 0.6 is 11.6 Å². The lowest BCUT2D eigenvalue weighted by Gasteiger charge is -2.22. The third-order valence-corrected chi connectivity index (χ3v) is 4.23. The van der Waals surface area contributed by atoms with Gasteiger partial charge in [0.2, 0.25) is 5.91 Å². The largest absolute Gasteiger partial charge is 0.464 e. The van der Waals surface area contributed by atoms with E-state index in [1.165, 1.54) is 0 Å². The third-order valence-electron chi connectivity index (χ3n) is 3.98. The molecule has 0 spiro atoms. The number of benzene rings is 1. The number of nitrogens with one attached hydrogen (secondary N) is 2. The Kier molecular flexibility index (Phi) is 6.86. The van der Waals surface area contributed by atoms with Crippen molar-refractivity contribution in [2.45, 2.75) is 46.2 Å². The fourth-order valence-corrected chi connectivity index (χ4v) is 2.74. The monoisotopic (exact) mass is 376 g/mol. The molecule has 0 saturated heterocycles. The van der Waals surface area contributed by atoms with E-state index in [0.717, 1.165) is 5.76 Å². The minimum absolute atomic E-state index is 0.234. The van der Waals surface area contributed by atoms with Crippen LogP contribution in [0.3, 0.4) is 0 Å². The molecule has 5 nitrogen and oxygen atoms in total. The van der Waals surface area contributed by atoms with Gasteiger partial charge < -0.3 is 15.1 Å². The first kappa shape index (κ1) is 20.0. The molecule has 0 aliphatic heterocycles. The molecule has 0 aliphatic rings. The molecular weight excluding hydrogens is 352 g/mol. The van der Waals surface area contributed by atoms with Crippen LogP contribution in [0.2, 0.25) is 5.02 Å². The number of carbonyl (C=O) groups is 2. The van der Waals surface area contributed by atoms with Gasteiger partial charge in [0.05, 0.1) is 6.04 Å². The summed E-state index contributed by atoms with van der Waals surface area (Å²) in [5, 5.41) is 6.29. The maximum Gasteiger partial charge on any atom is 0.251 e. The molecule has 0 saturated carbocycles. The van der Waals surface area contributed by atoms with Crippen LogP contribution in [-0.2, 0) is 4.79 Å². The lowest BCUT2D eigenvalue weighted by Crippen LogP contribution is -2.48. The van der Waals surface area contributed by atoms with Crippen LogP contribution in [0.15, 0.2) is 40.8 Å². The van der Waals surface area contributed by atoms with Gasteiger partial charge >= 0.3 is 0 Å². The quantitative estimate of drug-likeness (QED) is 0.758. The molecule has 0 fully saturated rings. The second kappa shape index (κ2) is 8.90. The molecule has 6 heteroatoms. The fraction of sp³-hybridized carbons (Fsp3) is 0.400. The van der Waals surface area contributed by atoms with Crippen LogP contribution in [0.1, 0.15) is 55.1 Å². The van der Waals surface area contributed by atoms with E-state index >= 15 is 0 Å². The summed E-state index contributed by atoms with van der Waals surface area (Å²) in [6, 6.07) is 9.35. The SMILES string of the molecule is Cc1ccc(C(C)NC(=O)C(CC(C)C)NC(=O)c2ccc(Cl)cc2)o1. The van der Waals surface area contributed by atoms with E-state index in [4.69, 9.17) is 16.0 Å². The van der Waals surface area contributed by atoms with Gasteiger partial charge in [-0.15, -0.1) is 0 Å². The Bertz CT molecular complexity index is 753. The molecule has 2 N–H and O–H groups in total. The normalized spacial score (nSPS) is 13.3. The van der Waals surface area contributed by atoms with Gasteiger partial charge in [-0.3, -0.25) is 9.59 Å². The Morgan fingerprint density at radius 3 is 2.23 bits per heavy atom. The maximum absolute atomic E-state index is 12.7. The number of carbonyl (C=O) groups excluding carboxylic acids is 2. The zero-order valence-electron chi connectivity index (χ0n) is 15.5. The van der Waals surface area contributed by atoms with E-state index in [1.54, 1.807) is 24.3 Å². The van der Waals surface area contributed by atoms with E-state index in [-0.39, 0.29) is 23.8 Å². The highest BCUT2D eigenvalue weighted by molar-refractivity contribution is 6.30. The van der Waals surface area contributed by atoms with E-state index in [0.29, 0.717) is 22.8 Å². The molecule has 2 atom stereocenters. The van der Waals surface area contributed by atoms with Crippen molar-refractivity contribution in [1.29, 1.82) is 0 Å². The molecule has 0 aliphatic carbocycles. The molecule has 1 heterocycles. The molecule has 0 bridgehead atoms. The zero-order chi connectivity index (χ0) is 19.3. The van der Waals surface area contributed by atoms with Gasteiger partial charge in [-0.25, -0.2) is 0 Å². The fourth-order valence-electron chi connectivity index (χ4n) is 2.62. The lowest BCUT2D eigenvalue weighted by atomic mass is 10.0. The lowest BCUT2D eigenvalue weighted by molar-refractivity contribution is -0.124. The Morgan fingerprint density at radius 2 is 1.69 bits per heavy atom. The number of hydrogen-bond acceptors (Lipinski definition) is 3. The minimum atomic E-state index is -0.628. The van der Waals surface area contributed by atoms with Gasteiger partial charge in [0.1, 0.15) is 17.6 Å². The first-order valence-electron chi connectivity index (χ1n) is 8.69. The van der Waals surface area contributed by atoms with E-state index in [2.05, 4.69) is 10.6 Å². The average molecular weight is 377 g/mol. The molecule has 140 valence electrons. The summed E-state index contributed by atoms with van der Waals surface area (Å²) in [7, 11) is 0. The van der Waals surface area contributed by atoms with Gasteiger partial charge in [-0.2, -0.15) is 0 Å². The summed E-state index contributed by atoms with van der Waals surface area (Å²) in [5.41, 5.74) is 0.464. The van der Waals surface area contributed by atoms with Crippen LogP contribution in [0, 0.1) is 12.8 Å². The van der Waals surface area contributed by atoms with Gasteiger partial charge in [-0.1, -0.05) is 25.4 Å². The van der Waals surface area contributed by atoms with Crippen molar-refractivity contribution >= 4 is 23.4 Å². The van der Waals surface area contributed by atoms with Gasteiger partial charge in [0.15, 0.2) is 0 Å². The summed E-state index contributed by atoms with van der Waals surface area (Å²) in [6.45, 7) is 7.72. The summed E-state index contributed by atoms with van der Waals surface area (Å²) in [6.07, 6.45) is 0.537. The smallest absolute Gasteiger partial charge is 0.251 e. The highest BCUT2D eigenvalue weighted by Crippen LogP contribution is 2.17. The van der Waals surface area contributed by atoms with E-state index in [1.807, 2.05) is 39.8 Å². The van der Waals surface area contributed by atoms with Gasteiger partial charge in [-0.05, 0) is 62.6 Å². The highest BCUT2D eigenvalue weighted by Gasteiger charge is 2.24. The highest BCUT2D eigenvalue weighted by atomic mass is 35.5. The van der Waals surface area contributed by atoms with Crippen molar-refractivity contribution < 1.29 is 14.0 Å². The van der Waals surface area contributed by atoms with Gasteiger partial charge in [0, 0.05) is 10.6 Å². The van der Waals surface area contributed by atoms with Crippen molar-refractivity contribution in [3.05, 3.63) is 58.5 Å². The molecule has 1 aromatic heterocycles. The average Bonchev–Trinajstić information content (AvgIpc) is 3.01. The summed E-state index contributed by atoms with van der Waals surface area (Å²) < 4.78 is 5.55. The Morgan fingerprint density at radius 1 is 1.04 bits per heavy atom. The van der Waals surface area contributed by atoms with Crippen LogP contribution in [0.5, 0.6) is 0 Å². The number of halogens is 1. The Labute approximate surface area is 159 Å². The van der Waals surface area contributed by atoms with Crippen LogP contribution in [-0.4, -0.2) is 17.9 Å². The summed E-state index contributed by atoms with van der Waals surface area (Å²) in [4.78, 5) is 25.2. The Balaban J connectivity index is 2.06. The minimum Gasteiger partial charge on any atom is -0.464 e. The summed E-state index contributed by atoms with van der Waals surface area (Å²) >= 11 is 5.85. The van der Waals surface area contributed by atoms with Crippen molar-refractivity contribution in [3.63, 3.8) is 0 Å². The number of amides is 2. The predicted octanol–water partition coefficient (Wildman–Crippen LogP) is 4.26. The topological polar surface area (TPSA) is 71.3 Å². The van der Waals surface area contributed by atoms with Crippen molar-refractivity contribution in [3.8, 4) is 0 Å². The van der Waals surface area contributed by atoms with Crippen molar-refractivity contribution in [2.24, 2.45) is 5.92 Å². The second-order valence-corrected chi connectivity index (χ2v) is 7.28. The number of furan rings is 1. The van der Waals surface area contributed by atoms with Crippen molar-refractivity contribution in [1.82, 2.24) is 10.6 Å². The molecule has 2 amide bonds. The number of aryl methyl sites for hydroxylation is 1. The summed E-state index contributed by atoms with van der Waals surface area (Å²) in [5.74, 6) is 1.18. The van der Waals surface area contributed by atoms with E-state index in [9.17, 15) is 9.59 Å². The van der Waals surface area contributed by atoms with Crippen LogP contribution < -0.4 is 10.6 Å². The molecule has 26 heavy (non-hydrogen) atoms. The first-order valence-corrected chi connectivity index (χ1v) is 9.07. The molecule has 2 unspecified atom stereocenters.